The summed E-state index contributed by atoms with van der Waals surface area (Å²) in [6.45, 7) is 5.52. The molecule has 1 heterocycles. The molecule has 1 unspecified atom stereocenters. The molecule has 1 fully saturated rings. The monoisotopic (exact) mass is 591 g/mol. The van der Waals surface area contributed by atoms with Crippen molar-refractivity contribution in [1.29, 1.82) is 0 Å². The zero-order valence-corrected chi connectivity index (χ0v) is 25.1. The van der Waals surface area contributed by atoms with E-state index >= 15 is 0 Å². The van der Waals surface area contributed by atoms with Gasteiger partial charge in [0.05, 0.1) is 24.8 Å². The SMILES string of the molecule is CCCOc1ccc(/C(O)=C2\C(=O)C(=O)N(CCc3ccccc3)C2c2ccc(OCc3ccccc3)c(OCC)c2)cc1. The zero-order chi connectivity index (χ0) is 30.9. The van der Waals surface area contributed by atoms with Crippen molar-refractivity contribution in [1.82, 2.24) is 4.90 Å². The molecule has 7 heteroatoms. The standard InChI is InChI=1S/C37H37NO6/c1-3-23-43-30-18-15-28(16-19-30)35(39)33-34(38(37(41)36(33)40)22-21-26-11-7-5-8-12-26)29-17-20-31(32(24-29)42-4-2)44-25-27-13-9-6-10-14-27/h5-20,24,34,39H,3-4,21-23,25H2,1-2H3/b35-33+. The van der Waals surface area contributed by atoms with Crippen LogP contribution in [0.3, 0.4) is 0 Å². The predicted octanol–water partition coefficient (Wildman–Crippen LogP) is 7.12. The van der Waals surface area contributed by atoms with Crippen LogP contribution < -0.4 is 14.2 Å². The molecule has 1 atom stereocenters. The van der Waals surface area contributed by atoms with Crippen molar-refractivity contribution in [3.05, 3.63) is 131 Å². The molecule has 0 aromatic heterocycles. The van der Waals surface area contributed by atoms with Crippen molar-refractivity contribution in [3.63, 3.8) is 0 Å². The predicted molar refractivity (Wildman–Crippen MR) is 170 cm³/mol. The number of carbonyl (C=O) groups is 2. The van der Waals surface area contributed by atoms with Gasteiger partial charge in [0, 0.05) is 12.1 Å². The van der Waals surface area contributed by atoms with Gasteiger partial charge in [-0.05, 0) is 72.9 Å². The maximum absolute atomic E-state index is 13.6. The van der Waals surface area contributed by atoms with Crippen molar-refractivity contribution in [2.24, 2.45) is 0 Å². The van der Waals surface area contributed by atoms with E-state index in [1.807, 2.05) is 80.6 Å². The third-order valence-corrected chi connectivity index (χ3v) is 7.45. The molecular formula is C37H37NO6. The van der Waals surface area contributed by atoms with Gasteiger partial charge in [0.15, 0.2) is 11.5 Å². The van der Waals surface area contributed by atoms with E-state index in [0.29, 0.717) is 54.6 Å². The molecule has 7 nitrogen and oxygen atoms in total. The average Bonchev–Trinajstić information content (AvgIpc) is 3.32. The molecule has 0 saturated carbocycles. The van der Waals surface area contributed by atoms with E-state index in [0.717, 1.165) is 17.5 Å². The molecular weight excluding hydrogens is 554 g/mol. The molecule has 1 amide bonds. The van der Waals surface area contributed by atoms with Crippen LogP contribution in [-0.4, -0.2) is 41.5 Å². The van der Waals surface area contributed by atoms with Crippen molar-refractivity contribution in [3.8, 4) is 17.2 Å². The Hall–Kier alpha value is -5.04. The number of nitrogens with zero attached hydrogens (tertiary/aromatic N) is 1. The maximum Gasteiger partial charge on any atom is 0.295 e. The van der Waals surface area contributed by atoms with Crippen LogP contribution in [-0.2, 0) is 22.6 Å². The second kappa shape index (κ2) is 14.4. The van der Waals surface area contributed by atoms with Crippen LogP contribution in [0.2, 0.25) is 0 Å². The number of aliphatic hydroxyl groups excluding tert-OH is 1. The van der Waals surface area contributed by atoms with Crippen molar-refractivity contribution >= 4 is 17.4 Å². The molecule has 1 aliphatic heterocycles. The number of benzene rings is 4. The molecule has 44 heavy (non-hydrogen) atoms. The van der Waals surface area contributed by atoms with E-state index < -0.39 is 17.7 Å². The summed E-state index contributed by atoms with van der Waals surface area (Å²) >= 11 is 0. The minimum absolute atomic E-state index is 0.0330. The van der Waals surface area contributed by atoms with E-state index in [9.17, 15) is 14.7 Å². The number of aliphatic hydroxyl groups is 1. The molecule has 0 radical (unpaired) electrons. The lowest BCUT2D eigenvalue weighted by Gasteiger charge is -2.26. The maximum atomic E-state index is 13.6. The highest BCUT2D eigenvalue weighted by Gasteiger charge is 2.46. The molecule has 4 aromatic rings. The topological polar surface area (TPSA) is 85.3 Å². The van der Waals surface area contributed by atoms with Gasteiger partial charge in [-0.2, -0.15) is 0 Å². The summed E-state index contributed by atoms with van der Waals surface area (Å²) in [7, 11) is 0. The summed E-state index contributed by atoms with van der Waals surface area (Å²) in [5.41, 5.74) is 3.14. The fourth-order valence-electron chi connectivity index (χ4n) is 5.25. The highest BCUT2D eigenvalue weighted by Crippen LogP contribution is 2.42. The van der Waals surface area contributed by atoms with Crippen LogP contribution in [0, 0.1) is 0 Å². The third kappa shape index (κ3) is 6.94. The van der Waals surface area contributed by atoms with Gasteiger partial charge in [0.1, 0.15) is 18.1 Å². The lowest BCUT2D eigenvalue weighted by atomic mass is 9.94. The second-order valence-corrected chi connectivity index (χ2v) is 10.5. The fraction of sp³-hybridized carbons (Fsp3) is 0.243. The number of hydrogen-bond acceptors (Lipinski definition) is 6. The van der Waals surface area contributed by atoms with Gasteiger partial charge in [-0.1, -0.05) is 73.7 Å². The third-order valence-electron chi connectivity index (χ3n) is 7.45. The summed E-state index contributed by atoms with van der Waals surface area (Å²) in [5.74, 6) is 0.0815. The zero-order valence-electron chi connectivity index (χ0n) is 25.1. The summed E-state index contributed by atoms with van der Waals surface area (Å²) in [4.78, 5) is 28.6. The minimum atomic E-state index is -0.822. The first-order chi connectivity index (χ1) is 21.5. The summed E-state index contributed by atoms with van der Waals surface area (Å²) in [6.07, 6.45) is 1.42. The molecule has 0 bridgehead atoms. The Kier molecular flexibility index (Phi) is 9.97. The van der Waals surface area contributed by atoms with E-state index in [2.05, 4.69) is 0 Å². The number of carbonyl (C=O) groups excluding carboxylic acids is 2. The van der Waals surface area contributed by atoms with Crippen LogP contribution in [0.5, 0.6) is 17.2 Å². The number of Topliss-reactive ketones (excluding diaryl/α,β-unsaturated/α-hetero) is 1. The molecule has 1 N–H and O–H groups in total. The number of hydrogen-bond donors (Lipinski definition) is 1. The summed E-state index contributed by atoms with van der Waals surface area (Å²) in [6, 6.07) is 31.1. The van der Waals surface area contributed by atoms with Gasteiger partial charge in [0.25, 0.3) is 11.7 Å². The highest BCUT2D eigenvalue weighted by atomic mass is 16.5. The number of amides is 1. The Morgan fingerprint density at radius 2 is 1.45 bits per heavy atom. The Morgan fingerprint density at radius 1 is 0.773 bits per heavy atom. The van der Waals surface area contributed by atoms with Gasteiger partial charge < -0.3 is 24.2 Å². The molecule has 1 saturated heterocycles. The summed E-state index contributed by atoms with van der Waals surface area (Å²) in [5, 5.41) is 11.5. The number of rotatable bonds is 13. The van der Waals surface area contributed by atoms with Crippen LogP contribution in [0.25, 0.3) is 5.76 Å². The Morgan fingerprint density at radius 3 is 2.11 bits per heavy atom. The molecule has 4 aromatic carbocycles. The number of ether oxygens (including phenoxy) is 3. The van der Waals surface area contributed by atoms with Crippen molar-refractivity contribution < 1.29 is 28.9 Å². The van der Waals surface area contributed by atoms with E-state index in [1.165, 1.54) is 4.90 Å². The van der Waals surface area contributed by atoms with Gasteiger partial charge >= 0.3 is 0 Å². The average molecular weight is 592 g/mol. The quantitative estimate of drug-likeness (QED) is 0.101. The first-order valence-electron chi connectivity index (χ1n) is 15.0. The smallest absolute Gasteiger partial charge is 0.295 e. The summed E-state index contributed by atoms with van der Waals surface area (Å²) < 4.78 is 17.7. The van der Waals surface area contributed by atoms with Crippen LogP contribution in [0.1, 0.15) is 48.6 Å². The molecule has 0 aliphatic carbocycles. The van der Waals surface area contributed by atoms with E-state index in [1.54, 1.807) is 36.4 Å². The molecule has 5 rings (SSSR count). The fourth-order valence-corrected chi connectivity index (χ4v) is 5.25. The van der Waals surface area contributed by atoms with Gasteiger partial charge in [0.2, 0.25) is 0 Å². The van der Waals surface area contributed by atoms with Gasteiger partial charge in [-0.15, -0.1) is 0 Å². The lowest BCUT2D eigenvalue weighted by Crippen LogP contribution is -2.31. The van der Waals surface area contributed by atoms with E-state index in [4.69, 9.17) is 14.2 Å². The number of likely N-dealkylation sites (tertiary alicyclic amines) is 1. The van der Waals surface area contributed by atoms with Crippen molar-refractivity contribution in [2.75, 3.05) is 19.8 Å². The lowest BCUT2D eigenvalue weighted by molar-refractivity contribution is -0.139. The molecule has 0 spiro atoms. The normalized spacial score (nSPS) is 15.8. The first-order valence-corrected chi connectivity index (χ1v) is 15.0. The largest absolute Gasteiger partial charge is 0.507 e. The van der Waals surface area contributed by atoms with Crippen molar-refractivity contribution in [2.45, 2.75) is 39.3 Å². The second-order valence-electron chi connectivity index (χ2n) is 10.5. The van der Waals surface area contributed by atoms with Gasteiger partial charge in [-0.25, -0.2) is 0 Å². The van der Waals surface area contributed by atoms with Gasteiger partial charge in [-0.3, -0.25) is 9.59 Å². The first kappa shape index (κ1) is 30.4. The Labute approximate surface area is 258 Å². The minimum Gasteiger partial charge on any atom is -0.507 e. The Bertz CT molecular complexity index is 1600. The molecule has 226 valence electrons. The highest BCUT2D eigenvalue weighted by molar-refractivity contribution is 6.46. The van der Waals surface area contributed by atoms with Crippen LogP contribution in [0.15, 0.2) is 109 Å². The molecule has 1 aliphatic rings. The Balaban J connectivity index is 1.53. The van der Waals surface area contributed by atoms with E-state index in [-0.39, 0.29) is 17.9 Å². The van der Waals surface area contributed by atoms with Crippen LogP contribution in [0.4, 0.5) is 0 Å². The van der Waals surface area contributed by atoms with Crippen LogP contribution >= 0.6 is 0 Å². The number of ketones is 1.